The predicted molar refractivity (Wildman–Crippen MR) is 89.8 cm³/mol. The lowest BCUT2D eigenvalue weighted by atomic mass is 10.0. The van der Waals surface area contributed by atoms with Crippen molar-refractivity contribution in [3.8, 4) is 0 Å². The molecule has 126 valence electrons. The standard InChI is InChI=1S/C18H27N3O2/c1-14-17(12-19-20-14)18(22)21-10-9-16(13-21)23-11-5-8-15-6-3-2-4-7-15/h2-4,6-7,14,16-17,19-20H,5,8-13H2,1H3. The van der Waals surface area contributed by atoms with E-state index in [1.807, 2.05) is 11.0 Å². The Morgan fingerprint density at radius 1 is 1.35 bits per heavy atom. The number of hydrazine groups is 1. The van der Waals surface area contributed by atoms with Gasteiger partial charge >= 0.3 is 0 Å². The van der Waals surface area contributed by atoms with E-state index in [9.17, 15) is 4.79 Å². The van der Waals surface area contributed by atoms with Crippen LogP contribution in [-0.2, 0) is 16.0 Å². The van der Waals surface area contributed by atoms with Gasteiger partial charge in [-0.2, -0.15) is 0 Å². The summed E-state index contributed by atoms with van der Waals surface area (Å²) in [4.78, 5) is 14.5. The second kappa shape index (κ2) is 7.90. The van der Waals surface area contributed by atoms with E-state index in [2.05, 4.69) is 42.0 Å². The average molecular weight is 317 g/mol. The molecular formula is C18H27N3O2. The van der Waals surface area contributed by atoms with Crippen molar-refractivity contribution >= 4 is 5.91 Å². The van der Waals surface area contributed by atoms with Crippen molar-refractivity contribution in [3.63, 3.8) is 0 Å². The van der Waals surface area contributed by atoms with Crippen LogP contribution in [0.4, 0.5) is 0 Å². The van der Waals surface area contributed by atoms with Crippen LogP contribution in [0.1, 0.15) is 25.3 Å². The first-order valence-corrected chi connectivity index (χ1v) is 8.67. The van der Waals surface area contributed by atoms with E-state index >= 15 is 0 Å². The number of hydrogen-bond acceptors (Lipinski definition) is 4. The molecule has 0 bridgehead atoms. The summed E-state index contributed by atoms with van der Waals surface area (Å²) in [5, 5.41) is 0. The van der Waals surface area contributed by atoms with Gasteiger partial charge in [-0.15, -0.1) is 0 Å². The van der Waals surface area contributed by atoms with Gasteiger partial charge < -0.3 is 9.64 Å². The van der Waals surface area contributed by atoms with Gasteiger partial charge in [0.1, 0.15) is 0 Å². The second-order valence-corrected chi connectivity index (χ2v) is 6.58. The van der Waals surface area contributed by atoms with Crippen molar-refractivity contribution in [3.05, 3.63) is 35.9 Å². The summed E-state index contributed by atoms with van der Waals surface area (Å²) in [5.74, 6) is 0.303. The van der Waals surface area contributed by atoms with Crippen LogP contribution < -0.4 is 10.9 Å². The number of hydrogen-bond donors (Lipinski definition) is 2. The number of carbonyl (C=O) groups is 1. The van der Waals surface area contributed by atoms with E-state index < -0.39 is 0 Å². The molecule has 2 heterocycles. The number of benzene rings is 1. The Bertz CT molecular complexity index is 508. The highest BCUT2D eigenvalue weighted by Crippen LogP contribution is 2.19. The summed E-state index contributed by atoms with van der Waals surface area (Å²) in [7, 11) is 0. The van der Waals surface area contributed by atoms with Crippen molar-refractivity contribution in [1.29, 1.82) is 0 Å². The van der Waals surface area contributed by atoms with E-state index in [0.717, 1.165) is 45.5 Å². The zero-order valence-electron chi connectivity index (χ0n) is 13.8. The maximum absolute atomic E-state index is 12.5. The molecule has 3 unspecified atom stereocenters. The molecule has 5 heteroatoms. The highest BCUT2D eigenvalue weighted by Gasteiger charge is 2.36. The Labute approximate surface area is 138 Å². The third-order valence-corrected chi connectivity index (χ3v) is 4.84. The monoisotopic (exact) mass is 317 g/mol. The number of aryl methyl sites for hydroxylation is 1. The van der Waals surface area contributed by atoms with Gasteiger partial charge in [0.25, 0.3) is 0 Å². The van der Waals surface area contributed by atoms with Crippen LogP contribution in [0.3, 0.4) is 0 Å². The molecule has 0 aliphatic carbocycles. The van der Waals surface area contributed by atoms with Gasteiger partial charge in [0.15, 0.2) is 0 Å². The molecule has 0 spiro atoms. The molecular weight excluding hydrogens is 290 g/mol. The molecule has 3 rings (SSSR count). The first kappa shape index (κ1) is 16.4. The van der Waals surface area contributed by atoms with Gasteiger partial charge in [0.2, 0.25) is 5.91 Å². The zero-order chi connectivity index (χ0) is 16.1. The zero-order valence-corrected chi connectivity index (χ0v) is 13.8. The lowest BCUT2D eigenvalue weighted by Crippen LogP contribution is -2.40. The van der Waals surface area contributed by atoms with Gasteiger partial charge in [-0.1, -0.05) is 30.3 Å². The van der Waals surface area contributed by atoms with Crippen LogP contribution >= 0.6 is 0 Å². The SMILES string of the molecule is CC1NNCC1C(=O)N1CCC(OCCCc2ccccc2)C1. The maximum Gasteiger partial charge on any atom is 0.228 e. The Kier molecular flexibility index (Phi) is 5.65. The molecule has 1 amide bonds. The van der Waals surface area contributed by atoms with Gasteiger partial charge in [-0.05, 0) is 31.7 Å². The summed E-state index contributed by atoms with van der Waals surface area (Å²) < 4.78 is 5.97. The minimum atomic E-state index is 0.0480. The lowest BCUT2D eigenvalue weighted by molar-refractivity contribution is -0.134. The number of ether oxygens (including phenoxy) is 1. The van der Waals surface area contributed by atoms with Crippen LogP contribution in [-0.4, -0.2) is 49.2 Å². The first-order chi connectivity index (χ1) is 11.2. The molecule has 2 saturated heterocycles. The molecule has 1 aromatic carbocycles. The Morgan fingerprint density at radius 2 is 2.17 bits per heavy atom. The van der Waals surface area contributed by atoms with Crippen LogP contribution in [0.15, 0.2) is 30.3 Å². The van der Waals surface area contributed by atoms with Crippen molar-refractivity contribution in [2.75, 3.05) is 26.2 Å². The van der Waals surface area contributed by atoms with Crippen LogP contribution in [0.2, 0.25) is 0 Å². The molecule has 0 saturated carbocycles. The minimum Gasteiger partial charge on any atom is -0.376 e. The van der Waals surface area contributed by atoms with Crippen LogP contribution in [0.25, 0.3) is 0 Å². The highest BCUT2D eigenvalue weighted by atomic mass is 16.5. The van der Waals surface area contributed by atoms with E-state index in [4.69, 9.17) is 4.74 Å². The molecule has 0 radical (unpaired) electrons. The smallest absolute Gasteiger partial charge is 0.228 e. The van der Waals surface area contributed by atoms with E-state index in [1.165, 1.54) is 5.56 Å². The minimum absolute atomic E-state index is 0.0480. The van der Waals surface area contributed by atoms with Gasteiger partial charge in [-0.3, -0.25) is 15.6 Å². The van der Waals surface area contributed by atoms with Crippen molar-refractivity contribution in [2.45, 2.75) is 38.3 Å². The molecule has 23 heavy (non-hydrogen) atoms. The Balaban J connectivity index is 1.36. The summed E-state index contributed by atoms with van der Waals surface area (Å²) >= 11 is 0. The van der Waals surface area contributed by atoms with Crippen molar-refractivity contribution < 1.29 is 9.53 Å². The van der Waals surface area contributed by atoms with Crippen LogP contribution in [0, 0.1) is 5.92 Å². The molecule has 3 atom stereocenters. The predicted octanol–water partition coefficient (Wildman–Crippen LogP) is 1.35. The average Bonchev–Trinajstić information content (AvgIpc) is 3.21. The summed E-state index contributed by atoms with van der Waals surface area (Å²) in [6.45, 7) is 5.11. The fourth-order valence-corrected chi connectivity index (χ4v) is 3.38. The van der Waals surface area contributed by atoms with E-state index in [0.29, 0.717) is 0 Å². The third kappa shape index (κ3) is 4.31. The second-order valence-electron chi connectivity index (χ2n) is 6.58. The molecule has 2 fully saturated rings. The molecule has 0 aromatic heterocycles. The van der Waals surface area contributed by atoms with Crippen molar-refractivity contribution in [2.24, 2.45) is 5.92 Å². The van der Waals surface area contributed by atoms with Crippen LogP contribution in [0.5, 0.6) is 0 Å². The fourth-order valence-electron chi connectivity index (χ4n) is 3.38. The number of nitrogens with zero attached hydrogens (tertiary/aromatic N) is 1. The topological polar surface area (TPSA) is 53.6 Å². The maximum atomic E-state index is 12.5. The number of rotatable bonds is 6. The Morgan fingerprint density at radius 3 is 2.91 bits per heavy atom. The number of nitrogens with one attached hydrogen (secondary N) is 2. The third-order valence-electron chi connectivity index (χ3n) is 4.84. The Hall–Kier alpha value is -1.43. The van der Waals surface area contributed by atoms with Gasteiger partial charge in [-0.25, -0.2) is 0 Å². The van der Waals surface area contributed by atoms with Crippen molar-refractivity contribution in [1.82, 2.24) is 15.8 Å². The largest absolute Gasteiger partial charge is 0.376 e. The van der Waals surface area contributed by atoms with E-state index in [-0.39, 0.29) is 24.0 Å². The quantitative estimate of drug-likeness (QED) is 0.778. The lowest BCUT2D eigenvalue weighted by Gasteiger charge is -2.22. The molecule has 2 N–H and O–H groups in total. The molecule has 2 aliphatic heterocycles. The normalized spacial score (nSPS) is 27.5. The number of likely N-dealkylation sites (tertiary alicyclic amines) is 1. The summed E-state index contributed by atoms with van der Waals surface area (Å²) in [6.07, 6.45) is 3.24. The van der Waals surface area contributed by atoms with Gasteiger partial charge in [0, 0.05) is 32.3 Å². The van der Waals surface area contributed by atoms with E-state index in [1.54, 1.807) is 0 Å². The molecule has 5 nitrogen and oxygen atoms in total. The number of amides is 1. The van der Waals surface area contributed by atoms with Gasteiger partial charge in [0.05, 0.1) is 12.0 Å². The highest BCUT2D eigenvalue weighted by molar-refractivity contribution is 5.80. The fraction of sp³-hybridized carbons (Fsp3) is 0.611. The number of carbonyl (C=O) groups excluding carboxylic acids is 1. The summed E-state index contributed by atoms with van der Waals surface area (Å²) in [5.41, 5.74) is 7.54. The molecule has 2 aliphatic rings. The first-order valence-electron chi connectivity index (χ1n) is 8.67. The summed E-state index contributed by atoms with van der Waals surface area (Å²) in [6, 6.07) is 10.7. The molecule has 1 aromatic rings.